The average Bonchev–Trinajstić information content (AvgIpc) is 2.71. The standard InChI is InChI=1S/C31H54O/c1-10-11-23-26-22(3)21(2)12-15-28(26,6)18-19-31(23,9)30(8)17-13-24-27(4,5)25(32)14-16-29(24,7)20-30/h22-26,32H,2,10-20H2,1,3-9H3/t22-,23?,24?,25?,26?,28?,29?,30?,31-/m1/s1. The van der Waals surface area contributed by atoms with Gasteiger partial charge in [-0.1, -0.05) is 74.0 Å². The van der Waals surface area contributed by atoms with E-state index in [9.17, 15) is 5.11 Å². The lowest BCUT2D eigenvalue weighted by Crippen LogP contribution is -2.61. The van der Waals surface area contributed by atoms with Crippen LogP contribution >= 0.6 is 0 Å². The highest BCUT2D eigenvalue weighted by molar-refractivity contribution is 5.18. The molecule has 4 saturated carbocycles. The summed E-state index contributed by atoms with van der Waals surface area (Å²) >= 11 is 0. The van der Waals surface area contributed by atoms with Gasteiger partial charge in [0.15, 0.2) is 0 Å². The molecule has 0 aromatic rings. The van der Waals surface area contributed by atoms with Gasteiger partial charge in [0.1, 0.15) is 0 Å². The number of rotatable bonds is 3. The lowest BCUT2D eigenvalue weighted by Gasteiger charge is -2.68. The van der Waals surface area contributed by atoms with Gasteiger partial charge in [0.05, 0.1) is 6.10 Å². The maximum absolute atomic E-state index is 10.8. The number of aliphatic hydroxyl groups is 1. The summed E-state index contributed by atoms with van der Waals surface area (Å²) < 4.78 is 0. The van der Waals surface area contributed by atoms with Gasteiger partial charge >= 0.3 is 0 Å². The van der Waals surface area contributed by atoms with Gasteiger partial charge in [-0.2, -0.15) is 0 Å². The van der Waals surface area contributed by atoms with Gasteiger partial charge in [0.2, 0.25) is 0 Å². The molecule has 32 heavy (non-hydrogen) atoms. The number of hydrogen-bond donors (Lipinski definition) is 1. The molecule has 0 aliphatic heterocycles. The van der Waals surface area contributed by atoms with Crippen LogP contribution in [0.15, 0.2) is 12.2 Å². The minimum atomic E-state index is -0.127. The van der Waals surface area contributed by atoms with Crippen LogP contribution in [0.3, 0.4) is 0 Å². The van der Waals surface area contributed by atoms with E-state index in [1.54, 1.807) is 0 Å². The fraction of sp³-hybridized carbons (Fsp3) is 0.935. The Morgan fingerprint density at radius 1 is 0.906 bits per heavy atom. The summed E-state index contributed by atoms with van der Waals surface area (Å²) in [5, 5.41) is 10.8. The van der Waals surface area contributed by atoms with Gasteiger partial charge in [-0.15, -0.1) is 0 Å². The molecule has 4 aliphatic rings. The molecule has 7 unspecified atom stereocenters. The Labute approximate surface area is 200 Å². The molecule has 0 aromatic heterocycles. The zero-order valence-electron chi connectivity index (χ0n) is 22.8. The Hall–Kier alpha value is -0.300. The van der Waals surface area contributed by atoms with Crippen LogP contribution in [0, 0.1) is 50.7 Å². The van der Waals surface area contributed by atoms with Crippen molar-refractivity contribution in [3.05, 3.63) is 12.2 Å². The minimum Gasteiger partial charge on any atom is -0.393 e. The average molecular weight is 443 g/mol. The topological polar surface area (TPSA) is 20.2 Å². The lowest BCUT2D eigenvalue weighted by molar-refractivity contribution is -0.194. The van der Waals surface area contributed by atoms with Crippen molar-refractivity contribution in [1.82, 2.24) is 0 Å². The molecule has 9 atom stereocenters. The third-order valence-corrected chi connectivity index (χ3v) is 12.8. The quantitative estimate of drug-likeness (QED) is 0.433. The summed E-state index contributed by atoms with van der Waals surface area (Å²) in [5.74, 6) is 2.94. The highest BCUT2D eigenvalue weighted by Crippen LogP contribution is 2.72. The second kappa shape index (κ2) is 7.86. The molecule has 4 fully saturated rings. The highest BCUT2D eigenvalue weighted by Gasteiger charge is 2.64. The van der Waals surface area contributed by atoms with Crippen LogP contribution in [-0.2, 0) is 0 Å². The molecule has 4 aliphatic carbocycles. The van der Waals surface area contributed by atoms with E-state index >= 15 is 0 Å². The highest BCUT2D eigenvalue weighted by atomic mass is 16.3. The predicted octanol–water partition coefficient (Wildman–Crippen LogP) is 8.81. The van der Waals surface area contributed by atoms with Crippen molar-refractivity contribution in [3.63, 3.8) is 0 Å². The first-order valence-electron chi connectivity index (χ1n) is 14.1. The Kier molecular flexibility index (Phi) is 6.09. The Morgan fingerprint density at radius 2 is 1.59 bits per heavy atom. The summed E-state index contributed by atoms with van der Waals surface area (Å²) in [6.07, 6.45) is 14.2. The molecule has 0 bridgehead atoms. The molecule has 0 amide bonds. The molecule has 0 saturated heterocycles. The SMILES string of the molecule is C=C1CCC2(C)CC[C@@](C)(C3(C)CCC4C(C)(CCC(O)C4(C)C)C3)C(CCC)C2[C@@H]1C. The second-order valence-electron chi connectivity index (χ2n) is 14.8. The van der Waals surface area contributed by atoms with Crippen LogP contribution in [0.5, 0.6) is 0 Å². The monoisotopic (exact) mass is 442 g/mol. The largest absolute Gasteiger partial charge is 0.393 e. The van der Waals surface area contributed by atoms with E-state index in [-0.39, 0.29) is 11.5 Å². The van der Waals surface area contributed by atoms with Gasteiger partial charge in [0.25, 0.3) is 0 Å². The molecule has 184 valence electrons. The van der Waals surface area contributed by atoms with Crippen molar-refractivity contribution in [2.75, 3.05) is 0 Å². The maximum atomic E-state index is 10.8. The van der Waals surface area contributed by atoms with E-state index in [2.05, 4.69) is 62.0 Å². The van der Waals surface area contributed by atoms with Crippen LogP contribution in [0.2, 0.25) is 0 Å². The fourth-order valence-corrected chi connectivity index (χ4v) is 10.5. The lowest BCUT2D eigenvalue weighted by atomic mass is 9.37. The zero-order valence-corrected chi connectivity index (χ0v) is 22.8. The molecule has 0 aromatic carbocycles. The number of aliphatic hydroxyl groups excluding tert-OH is 1. The Bertz CT molecular complexity index is 737. The summed E-state index contributed by atoms with van der Waals surface area (Å²) in [5.41, 5.74) is 3.27. The fourth-order valence-electron chi connectivity index (χ4n) is 10.5. The van der Waals surface area contributed by atoms with E-state index in [1.165, 1.54) is 69.8 Å². The molecule has 0 radical (unpaired) electrons. The summed E-state index contributed by atoms with van der Waals surface area (Å²) in [7, 11) is 0. The van der Waals surface area contributed by atoms with Gasteiger partial charge in [-0.25, -0.2) is 0 Å². The first-order chi connectivity index (χ1) is 14.7. The molecule has 4 rings (SSSR count). The molecule has 0 heterocycles. The molecule has 1 nitrogen and oxygen atoms in total. The molecular weight excluding hydrogens is 388 g/mol. The zero-order chi connectivity index (χ0) is 23.7. The summed E-state index contributed by atoms with van der Waals surface area (Å²) in [4.78, 5) is 0. The van der Waals surface area contributed by atoms with Crippen LogP contribution in [0.4, 0.5) is 0 Å². The van der Waals surface area contributed by atoms with Crippen molar-refractivity contribution in [2.24, 2.45) is 50.7 Å². The van der Waals surface area contributed by atoms with Crippen molar-refractivity contribution < 1.29 is 5.11 Å². The van der Waals surface area contributed by atoms with E-state index < -0.39 is 0 Å². The van der Waals surface area contributed by atoms with Crippen molar-refractivity contribution in [2.45, 2.75) is 132 Å². The first kappa shape index (κ1) is 24.8. The molecular formula is C31H54O. The molecule has 1 N–H and O–H groups in total. The van der Waals surface area contributed by atoms with Crippen LogP contribution in [0.1, 0.15) is 126 Å². The van der Waals surface area contributed by atoms with Crippen LogP contribution < -0.4 is 0 Å². The Balaban J connectivity index is 1.71. The Morgan fingerprint density at radius 3 is 2.25 bits per heavy atom. The minimum absolute atomic E-state index is 0.0544. The maximum Gasteiger partial charge on any atom is 0.0594 e. The molecule has 0 spiro atoms. The van der Waals surface area contributed by atoms with Crippen molar-refractivity contribution in [1.29, 1.82) is 0 Å². The normalized spacial score (nSPS) is 53.4. The predicted molar refractivity (Wildman–Crippen MR) is 137 cm³/mol. The number of hydrogen-bond acceptors (Lipinski definition) is 1. The van der Waals surface area contributed by atoms with E-state index in [0.717, 1.165) is 18.3 Å². The van der Waals surface area contributed by atoms with Crippen LogP contribution in [-0.4, -0.2) is 11.2 Å². The third kappa shape index (κ3) is 3.41. The van der Waals surface area contributed by atoms with E-state index in [1.807, 2.05) is 0 Å². The van der Waals surface area contributed by atoms with Gasteiger partial charge in [0, 0.05) is 0 Å². The van der Waals surface area contributed by atoms with Crippen molar-refractivity contribution in [3.8, 4) is 0 Å². The summed E-state index contributed by atoms with van der Waals surface area (Å²) in [6.45, 7) is 24.8. The first-order valence-corrected chi connectivity index (χ1v) is 14.1. The number of allylic oxidation sites excluding steroid dienone is 1. The number of fused-ring (bicyclic) bond motifs is 2. The third-order valence-electron chi connectivity index (χ3n) is 12.8. The van der Waals surface area contributed by atoms with Gasteiger partial charge in [-0.05, 0) is 115 Å². The second-order valence-corrected chi connectivity index (χ2v) is 14.8. The van der Waals surface area contributed by atoms with Crippen molar-refractivity contribution >= 4 is 0 Å². The van der Waals surface area contributed by atoms with Crippen LogP contribution in [0.25, 0.3) is 0 Å². The van der Waals surface area contributed by atoms with E-state index in [0.29, 0.717) is 33.5 Å². The summed E-state index contributed by atoms with van der Waals surface area (Å²) in [6, 6.07) is 0. The van der Waals surface area contributed by atoms with Gasteiger partial charge < -0.3 is 5.11 Å². The van der Waals surface area contributed by atoms with Gasteiger partial charge in [-0.3, -0.25) is 0 Å². The smallest absolute Gasteiger partial charge is 0.0594 e. The van der Waals surface area contributed by atoms with E-state index in [4.69, 9.17) is 0 Å². The molecule has 1 heteroatoms.